The van der Waals surface area contributed by atoms with Gasteiger partial charge < -0.3 is 14.4 Å². The Morgan fingerprint density at radius 2 is 1.74 bits per heavy atom. The second-order valence-corrected chi connectivity index (χ2v) is 8.21. The predicted molar refractivity (Wildman–Crippen MR) is 125 cm³/mol. The van der Waals surface area contributed by atoms with Crippen molar-refractivity contribution in [1.82, 2.24) is 9.97 Å². The third kappa shape index (κ3) is 4.24. The van der Waals surface area contributed by atoms with Gasteiger partial charge in [-0.15, -0.1) is 11.3 Å². The molecule has 0 unspecified atom stereocenters. The minimum atomic E-state index is 0.720. The molecule has 1 aliphatic rings. The van der Waals surface area contributed by atoms with Crippen LogP contribution in [-0.2, 0) is 4.74 Å². The zero-order valence-corrected chi connectivity index (χ0v) is 18.0. The van der Waals surface area contributed by atoms with Crippen LogP contribution in [0.2, 0.25) is 0 Å². The van der Waals surface area contributed by atoms with Crippen LogP contribution in [0.3, 0.4) is 0 Å². The highest BCUT2D eigenvalue weighted by Gasteiger charge is 2.18. The molecule has 0 saturated carbocycles. The summed E-state index contributed by atoms with van der Waals surface area (Å²) in [7, 11) is 1.66. The molecule has 154 valence electrons. The topological polar surface area (TPSA) is 47.5 Å². The van der Waals surface area contributed by atoms with Crippen molar-refractivity contribution >= 4 is 28.1 Å². The van der Waals surface area contributed by atoms with Gasteiger partial charge in [0.05, 0.1) is 35.6 Å². The van der Waals surface area contributed by atoms with E-state index in [2.05, 4.69) is 28.9 Å². The third-order valence-corrected chi connectivity index (χ3v) is 6.14. The first-order chi connectivity index (χ1) is 15.3. The highest BCUT2D eigenvalue weighted by atomic mass is 32.1. The maximum absolute atomic E-state index is 5.52. The minimum absolute atomic E-state index is 0.720. The lowest BCUT2D eigenvalue weighted by atomic mass is 10.2. The number of methoxy groups -OCH3 is 1. The summed E-state index contributed by atoms with van der Waals surface area (Å²) in [5, 5.41) is 1.07. The molecule has 0 N–H and O–H groups in total. The Morgan fingerprint density at radius 1 is 0.935 bits per heavy atom. The Hall–Kier alpha value is -3.40. The van der Waals surface area contributed by atoms with Crippen molar-refractivity contribution in [2.45, 2.75) is 0 Å². The van der Waals surface area contributed by atoms with Crippen molar-refractivity contribution < 1.29 is 9.47 Å². The number of hydrogen-bond acceptors (Lipinski definition) is 6. The lowest BCUT2D eigenvalue weighted by Crippen LogP contribution is -2.37. The molecular weight excluding hydrogens is 406 g/mol. The van der Waals surface area contributed by atoms with E-state index in [0.717, 1.165) is 69.9 Å². The highest BCUT2D eigenvalue weighted by Crippen LogP contribution is 2.31. The monoisotopic (exact) mass is 427 g/mol. The molecule has 6 heteroatoms. The fourth-order valence-corrected chi connectivity index (χ4v) is 4.31. The summed E-state index contributed by atoms with van der Waals surface area (Å²) < 4.78 is 10.7. The molecule has 0 radical (unpaired) electrons. The second-order valence-electron chi connectivity index (χ2n) is 7.13. The van der Waals surface area contributed by atoms with Crippen molar-refractivity contribution in [3.63, 3.8) is 0 Å². The van der Waals surface area contributed by atoms with Gasteiger partial charge in [0, 0.05) is 24.0 Å². The van der Waals surface area contributed by atoms with Crippen molar-refractivity contribution in [3.8, 4) is 28.3 Å². The molecule has 1 fully saturated rings. The van der Waals surface area contributed by atoms with Crippen molar-refractivity contribution in [2.75, 3.05) is 38.3 Å². The van der Waals surface area contributed by atoms with Crippen LogP contribution in [0.25, 0.3) is 21.6 Å². The third-order valence-electron chi connectivity index (χ3n) is 5.14. The van der Waals surface area contributed by atoms with Gasteiger partial charge in [-0.2, -0.15) is 0 Å². The van der Waals surface area contributed by atoms with Crippen LogP contribution in [0.1, 0.15) is 10.4 Å². The summed E-state index contributed by atoms with van der Waals surface area (Å²) in [5.74, 6) is 9.00. The number of aromatic nitrogens is 2. The molecule has 5 rings (SSSR count). The van der Waals surface area contributed by atoms with E-state index in [1.165, 1.54) is 0 Å². The zero-order valence-electron chi connectivity index (χ0n) is 17.2. The molecule has 0 spiro atoms. The molecule has 31 heavy (non-hydrogen) atoms. The van der Waals surface area contributed by atoms with Crippen LogP contribution >= 0.6 is 11.3 Å². The lowest BCUT2D eigenvalue weighted by Gasteiger charge is -2.28. The van der Waals surface area contributed by atoms with Gasteiger partial charge in [0.2, 0.25) is 0 Å². The number of anilines is 1. The van der Waals surface area contributed by atoms with Crippen LogP contribution < -0.4 is 9.64 Å². The smallest absolute Gasteiger partial charge is 0.172 e. The number of para-hydroxylation sites is 1. The number of hydrogen-bond donors (Lipinski definition) is 0. The lowest BCUT2D eigenvalue weighted by molar-refractivity contribution is 0.122. The van der Waals surface area contributed by atoms with E-state index in [-0.39, 0.29) is 0 Å². The Balaban J connectivity index is 1.47. The van der Waals surface area contributed by atoms with Gasteiger partial charge in [-0.25, -0.2) is 9.97 Å². The molecule has 2 aromatic heterocycles. The first-order valence-electron chi connectivity index (χ1n) is 10.2. The first kappa shape index (κ1) is 19.6. The van der Waals surface area contributed by atoms with E-state index < -0.39 is 0 Å². The molecule has 0 amide bonds. The van der Waals surface area contributed by atoms with Gasteiger partial charge in [-0.05, 0) is 48.5 Å². The van der Waals surface area contributed by atoms with E-state index in [0.29, 0.717) is 0 Å². The van der Waals surface area contributed by atoms with Gasteiger partial charge in [-0.3, -0.25) is 0 Å². The standard InChI is InChI=1S/C25H21N3O2S/c1-29-19-9-6-18(7-10-19)8-11-20-12-13-23(31-20)24-26-22-5-3-2-4-21(22)25(27-24)28-14-16-30-17-15-28/h2-7,9-10,12-13H,14-17H2,1H3. The predicted octanol–water partition coefficient (Wildman–Crippen LogP) is 4.60. The SMILES string of the molecule is COc1ccc(C#Cc2ccc(-c3nc(N4CCOCC4)c4ccccc4n3)s2)cc1. The summed E-state index contributed by atoms with van der Waals surface area (Å²) in [6.45, 7) is 3.11. The van der Waals surface area contributed by atoms with Gasteiger partial charge in [0.15, 0.2) is 5.82 Å². The average molecular weight is 428 g/mol. The van der Waals surface area contributed by atoms with Crippen molar-refractivity contribution in [1.29, 1.82) is 0 Å². The van der Waals surface area contributed by atoms with Gasteiger partial charge in [0.25, 0.3) is 0 Å². The molecule has 0 aliphatic carbocycles. The number of thiophene rings is 1. The Kier molecular flexibility index (Phi) is 5.53. The fraction of sp³-hybridized carbons (Fsp3) is 0.200. The summed E-state index contributed by atoms with van der Waals surface area (Å²) in [6, 6.07) is 20.0. The maximum Gasteiger partial charge on any atom is 0.172 e. The van der Waals surface area contributed by atoms with Gasteiger partial charge >= 0.3 is 0 Å². The molecule has 0 bridgehead atoms. The summed E-state index contributed by atoms with van der Waals surface area (Å²) in [6.07, 6.45) is 0. The number of fused-ring (bicyclic) bond motifs is 1. The number of benzene rings is 2. The number of nitrogens with zero attached hydrogens (tertiary/aromatic N) is 3. The van der Waals surface area contributed by atoms with Crippen LogP contribution in [0, 0.1) is 11.8 Å². The molecule has 5 nitrogen and oxygen atoms in total. The minimum Gasteiger partial charge on any atom is -0.497 e. The second kappa shape index (κ2) is 8.76. The van der Waals surface area contributed by atoms with Crippen LogP contribution in [0.4, 0.5) is 5.82 Å². The molecule has 2 aromatic carbocycles. The molecule has 4 aromatic rings. The normalized spacial score (nSPS) is 13.6. The molecule has 3 heterocycles. The van der Waals surface area contributed by atoms with Gasteiger partial charge in [0.1, 0.15) is 11.6 Å². The average Bonchev–Trinajstić information content (AvgIpc) is 3.32. The summed E-state index contributed by atoms with van der Waals surface area (Å²) in [5.41, 5.74) is 1.90. The number of rotatable bonds is 3. The van der Waals surface area contributed by atoms with Crippen molar-refractivity contribution in [2.24, 2.45) is 0 Å². The summed E-state index contributed by atoms with van der Waals surface area (Å²) in [4.78, 5) is 14.1. The van der Waals surface area contributed by atoms with Crippen LogP contribution in [0.5, 0.6) is 5.75 Å². The van der Waals surface area contributed by atoms with Gasteiger partial charge in [-0.1, -0.05) is 24.0 Å². The molecular formula is C25H21N3O2S. The van der Waals surface area contributed by atoms with Crippen LogP contribution in [0.15, 0.2) is 60.7 Å². The molecule has 1 aliphatic heterocycles. The van der Waals surface area contributed by atoms with E-state index in [9.17, 15) is 0 Å². The van der Waals surface area contributed by atoms with E-state index >= 15 is 0 Å². The Labute approximate surface area is 185 Å². The number of morpholine rings is 1. The Morgan fingerprint density at radius 3 is 2.55 bits per heavy atom. The quantitative estimate of drug-likeness (QED) is 0.447. The van der Waals surface area contributed by atoms with E-state index in [4.69, 9.17) is 19.4 Å². The zero-order chi connectivity index (χ0) is 21.0. The largest absolute Gasteiger partial charge is 0.497 e. The molecule has 1 saturated heterocycles. The van der Waals surface area contributed by atoms with E-state index in [1.807, 2.05) is 48.5 Å². The first-order valence-corrected chi connectivity index (χ1v) is 11.0. The fourth-order valence-electron chi connectivity index (χ4n) is 3.52. The van der Waals surface area contributed by atoms with Crippen LogP contribution in [-0.4, -0.2) is 43.4 Å². The van der Waals surface area contributed by atoms with E-state index in [1.54, 1.807) is 18.4 Å². The highest BCUT2D eigenvalue weighted by molar-refractivity contribution is 7.15. The van der Waals surface area contributed by atoms with Crippen molar-refractivity contribution in [3.05, 3.63) is 71.1 Å². The number of ether oxygens (including phenoxy) is 2. The Bertz CT molecular complexity index is 1270. The summed E-state index contributed by atoms with van der Waals surface area (Å²) >= 11 is 1.61. The molecule has 0 atom stereocenters. The maximum atomic E-state index is 5.52.